The summed E-state index contributed by atoms with van der Waals surface area (Å²) in [6.45, 7) is 3.03. The van der Waals surface area contributed by atoms with Gasteiger partial charge in [0.15, 0.2) is 0 Å². The van der Waals surface area contributed by atoms with E-state index < -0.39 is 0 Å². The quantitative estimate of drug-likeness (QED) is 0.821. The molecule has 1 unspecified atom stereocenters. The second-order valence-electron chi connectivity index (χ2n) is 4.13. The van der Waals surface area contributed by atoms with Crippen LogP contribution in [0.5, 0.6) is 0 Å². The maximum absolute atomic E-state index is 4.00. The van der Waals surface area contributed by atoms with Crippen LogP contribution in [0.2, 0.25) is 0 Å². The van der Waals surface area contributed by atoms with Crippen LogP contribution in [0.3, 0.4) is 0 Å². The first-order chi connectivity index (χ1) is 9.22. The Morgan fingerprint density at radius 3 is 2.84 bits per heavy atom. The number of nitrogens with zero attached hydrogens (tertiary/aromatic N) is 3. The molecule has 0 amide bonds. The second-order valence-corrected chi connectivity index (χ2v) is 6.05. The monoisotopic (exact) mass is 340 g/mol. The fraction of sp³-hybridized carbons (Fsp3) is 0.385. The summed E-state index contributed by atoms with van der Waals surface area (Å²) in [5.74, 6) is 0.942. The van der Waals surface area contributed by atoms with Gasteiger partial charge in [0.25, 0.3) is 0 Å². The van der Waals surface area contributed by atoms with E-state index in [2.05, 4.69) is 56.7 Å². The molecule has 1 atom stereocenters. The first-order valence-electron chi connectivity index (χ1n) is 6.17. The number of aryl methyl sites for hydroxylation is 1. The number of benzene rings is 1. The largest absolute Gasteiger partial charge is 0.308 e. The molecule has 0 radical (unpaired) electrons. The van der Waals surface area contributed by atoms with Crippen LogP contribution in [0.1, 0.15) is 18.7 Å². The summed E-state index contributed by atoms with van der Waals surface area (Å²) in [4.78, 5) is 1.25. The molecule has 1 N–H and O–H groups in total. The number of hydrogen-bond donors (Lipinski definition) is 1. The third kappa shape index (κ3) is 3.81. The van der Waals surface area contributed by atoms with Crippen molar-refractivity contribution in [1.82, 2.24) is 20.3 Å². The first-order valence-corrected chi connectivity index (χ1v) is 7.95. The molecular formula is C13H17BrN4S. The Morgan fingerprint density at radius 1 is 1.42 bits per heavy atom. The van der Waals surface area contributed by atoms with Gasteiger partial charge >= 0.3 is 0 Å². The van der Waals surface area contributed by atoms with E-state index in [1.165, 1.54) is 4.90 Å². The zero-order valence-corrected chi connectivity index (χ0v) is 13.4. The third-order valence-electron chi connectivity index (χ3n) is 2.80. The van der Waals surface area contributed by atoms with Gasteiger partial charge in [0.05, 0.1) is 17.9 Å². The molecule has 1 aromatic heterocycles. The Kier molecular flexibility index (Phi) is 5.42. The molecule has 2 aromatic rings. The van der Waals surface area contributed by atoms with Crippen molar-refractivity contribution < 1.29 is 0 Å². The maximum Gasteiger partial charge on any atom is 0.0761 e. The second kappa shape index (κ2) is 7.07. The summed E-state index contributed by atoms with van der Waals surface area (Å²) in [6, 6.07) is 8.53. The number of nitrogens with one attached hydrogen (secondary N) is 1. The molecule has 0 aliphatic rings. The van der Waals surface area contributed by atoms with Crippen LogP contribution in [0.4, 0.5) is 0 Å². The average molecular weight is 341 g/mol. The van der Waals surface area contributed by atoms with Gasteiger partial charge in [-0.3, -0.25) is 4.68 Å². The smallest absolute Gasteiger partial charge is 0.0761 e. The maximum atomic E-state index is 4.00. The molecule has 6 heteroatoms. The Hall–Kier alpha value is -0.850. The van der Waals surface area contributed by atoms with Crippen molar-refractivity contribution in [2.24, 2.45) is 7.05 Å². The summed E-state index contributed by atoms with van der Waals surface area (Å²) >= 11 is 5.40. The van der Waals surface area contributed by atoms with Gasteiger partial charge in [-0.05, 0) is 34.6 Å². The Balaban J connectivity index is 2.06. The van der Waals surface area contributed by atoms with Crippen LogP contribution < -0.4 is 5.32 Å². The molecule has 4 nitrogen and oxygen atoms in total. The van der Waals surface area contributed by atoms with Crippen LogP contribution in [-0.4, -0.2) is 27.3 Å². The zero-order chi connectivity index (χ0) is 13.7. The number of aromatic nitrogens is 3. The highest BCUT2D eigenvalue weighted by Gasteiger charge is 2.15. The van der Waals surface area contributed by atoms with Gasteiger partial charge in [-0.15, -0.1) is 16.9 Å². The summed E-state index contributed by atoms with van der Waals surface area (Å²) in [5, 5.41) is 11.4. The Bertz CT molecular complexity index is 529. The molecule has 102 valence electrons. The molecule has 0 bridgehead atoms. The molecule has 19 heavy (non-hydrogen) atoms. The van der Waals surface area contributed by atoms with Crippen LogP contribution >= 0.6 is 27.7 Å². The van der Waals surface area contributed by atoms with E-state index >= 15 is 0 Å². The van der Waals surface area contributed by atoms with Gasteiger partial charge in [0.2, 0.25) is 0 Å². The van der Waals surface area contributed by atoms with Crippen molar-refractivity contribution >= 4 is 27.7 Å². The summed E-state index contributed by atoms with van der Waals surface area (Å²) in [6.07, 6.45) is 1.83. The van der Waals surface area contributed by atoms with Crippen LogP contribution in [0.25, 0.3) is 0 Å². The summed E-state index contributed by atoms with van der Waals surface area (Å²) in [5.41, 5.74) is 1.11. The van der Waals surface area contributed by atoms with Crippen molar-refractivity contribution in [2.45, 2.75) is 17.9 Å². The average Bonchev–Trinajstić information content (AvgIpc) is 2.82. The molecule has 0 aliphatic heterocycles. The van der Waals surface area contributed by atoms with E-state index in [1.54, 1.807) is 0 Å². The van der Waals surface area contributed by atoms with Crippen molar-refractivity contribution in [3.05, 3.63) is 40.6 Å². The number of thioether (sulfide) groups is 1. The molecule has 0 saturated heterocycles. The topological polar surface area (TPSA) is 42.7 Å². The van der Waals surface area contributed by atoms with E-state index in [0.717, 1.165) is 22.5 Å². The van der Waals surface area contributed by atoms with Crippen LogP contribution in [0.15, 0.2) is 39.8 Å². The lowest BCUT2D eigenvalue weighted by molar-refractivity contribution is 0.549. The predicted molar refractivity (Wildman–Crippen MR) is 82.3 cm³/mol. The summed E-state index contributed by atoms with van der Waals surface area (Å²) in [7, 11) is 1.93. The molecule has 1 aromatic carbocycles. The molecule has 0 fully saturated rings. The fourth-order valence-corrected chi connectivity index (χ4v) is 3.49. The normalized spacial score (nSPS) is 12.6. The van der Waals surface area contributed by atoms with Gasteiger partial charge in [-0.1, -0.05) is 24.3 Å². The summed E-state index contributed by atoms with van der Waals surface area (Å²) < 4.78 is 2.96. The van der Waals surface area contributed by atoms with Crippen molar-refractivity contribution in [3.63, 3.8) is 0 Å². The molecule has 0 aliphatic carbocycles. The fourth-order valence-electron chi connectivity index (χ4n) is 1.84. The van der Waals surface area contributed by atoms with Crippen LogP contribution in [0, 0.1) is 0 Å². The van der Waals surface area contributed by atoms with Crippen LogP contribution in [-0.2, 0) is 7.05 Å². The van der Waals surface area contributed by atoms with E-state index in [0.29, 0.717) is 0 Å². The third-order valence-corrected chi connectivity index (χ3v) is 4.92. The van der Waals surface area contributed by atoms with Crippen molar-refractivity contribution in [2.75, 3.05) is 12.3 Å². The first kappa shape index (κ1) is 14.6. The Morgan fingerprint density at radius 2 is 2.21 bits per heavy atom. The SMILES string of the molecule is CCNC(CSc1ccccc1Br)c1cnnn1C. The lowest BCUT2D eigenvalue weighted by Gasteiger charge is -2.17. The number of rotatable bonds is 6. The molecule has 0 spiro atoms. The Labute approximate surface area is 126 Å². The minimum Gasteiger partial charge on any atom is -0.308 e. The standard InChI is InChI=1S/C13H17BrN4S/c1-3-15-11(12-8-16-17-18(12)2)9-19-13-7-5-4-6-10(13)14/h4-8,11,15H,3,9H2,1-2H3. The van der Waals surface area contributed by atoms with Crippen molar-refractivity contribution in [3.8, 4) is 0 Å². The van der Waals surface area contributed by atoms with Gasteiger partial charge in [-0.25, -0.2) is 0 Å². The minimum absolute atomic E-state index is 0.252. The number of hydrogen-bond acceptors (Lipinski definition) is 4. The minimum atomic E-state index is 0.252. The highest BCUT2D eigenvalue weighted by Crippen LogP contribution is 2.30. The predicted octanol–water partition coefficient (Wildman–Crippen LogP) is 3.02. The van der Waals surface area contributed by atoms with E-state index in [4.69, 9.17) is 0 Å². The van der Waals surface area contributed by atoms with Crippen molar-refractivity contribution in [1.29, 1.82) is 0 Å². The van der Waals surface area contributed by atoms with E-state index in [-0.39, 0.29) is 6.04 Å². The van der Waals surface area contributed by atoms with Gasteiger partial charge < -0.3 is 5.32 Å². The van der Waals surface area contributed by atoms with Gasteiger partial charge in [-0.2, -0.15) is 0 Å². The molecule has 2 rings (SSSR count). The van der Waals surface area contributed by atoms with E-state index in [1.807, 2.05) is 35.8 Å². The molecule has 0 saturated carbocycles. The lowest BCUT2D eigenvalue weighted by atomic mass is 10.2. The van der Waals surface area contributed by atoms with Gasteiger partial charge in [0, 0.05) is 22.2 Å². The molecule has 1 heterocycles. The molecular weight excluding hydrogens is 324 g/mol. The number of halogens is 1. The highest BCUT2D eigenvalue weighted by molar-refractivity contribution is 9.10. The van der Waals surface area contributed by atoms with Gasteiger partial charge in [0.1, 0.15) is 0 Å². The van der Waals surface area contributed by atoms with E-state index in [9.17, 15) is 0 Å². The zero-order valence-electron chi connectivity index (χ0n) is 11.0. The highest BCUT2D eigenvalue weighted by atomic mass is 79.9. The lowest BCUT2D eigenvalue weighted by Crippen LogP contribution is -2.25.